The standard InChI is InChI=1S/C10H14Cl2N2/c1-13-7-14-5-4-8-2-3-9(11)10(12)6-8/h2-3,6,13-14H,4-5,7H2,1H3. The molecule has 0 saturated carbocycles. The van der Waals surface area contributed by atoms with E-state index in [0.717, 1.165) is 19.6 Å². The maximum absolute atomic E-state index is 5.89. The maximum Gasteiger partial charge on any atom is 0.0595 e. The van der Waals surface area contributed by atoms with E-state index in [1.54, 1.807) is 0 Å². The Labute approximate surface area is 94.6 Å². The number of halogens is 2. The molecule has 0 heterocycles. The summed E-state index contributed by atoms with van der Waals surface area (Å²) >= 11 is 11.7. The molecule has 0 saturated heterocycles. The van der Waals surface area contributed by atoms with E-state index in [-0.39, 0.29) is 0 Å². The zero-order valence-corrected chi connectivity index (χ0v) is 9.62. The topological polar surface area (TPSA) is 24.1 Å². The SMILES string of the molecule is CNCNCCc1ccc(Cl)c(Cl)c1. The Hall–Kier alpha value is -0.280. The van der Waals surface area contributed by atoms with E-state index in [1.807, 2.05) is 25.2 Å². The van der Waals surface area contributed by atoms with Crippen molar-refractivity contribution in [3.05, 3.63) is 33.8 Å². The van der Waals surface area contributed by atoms with Gasteiger partial charge in [0.15, 0.2) is 0 Å². The van der Waals surface area contributed by atoms with Gasteiger partial charge in [0.25, 0.3) is 0 Å². The summed E-state index contributed by atoms with van der Waals surface area (Å²) in [4.78, 5) is 0. The molecule has 0 bridgehead atoms. The number of hydrogen-bond acceptors (Lipinski definition) is 2. The monoisotopic (exact) mass is 232 g/mol. The van der Waals surface area contributed by atoms with Crippen LogP contribution in [0.4, 0.5) is 0 Å². The summed E-state index contributed by atoms with van der Waals surface area (Å²) in [5.41, 5.74) is 1.20. The highest BCUT2D eigenvalue weighted by atomic mass is 35.5. The van der Waals surface area contributed by atoms with Crippen LogP contribution in [-0.4, -0.2) is 20.3 Å². The lowest BCUT2D eigenvalue weighted by molar-refractivity contribution is 0.631. The van der Waals surface area contributed by atoms with Crippen LogP contribution in [0.3, 0.4) is 0 Å². The van der Waals surface area contributed by atoms with Gasteiger partial charge in [0.05, 0.1) is 10.0 Å². The Morgan fingerprint density at radius 1 is 1.21 bits per heavy atom. The van der Waals surface area contributed by atoms with Crippen LogP contribution in [0.2, 0.25) is 10.0 Å². The summed E-state index contributed by atoms with van der Waals surface area (Å²) in [6.07, 6.45) is 0.957. The smallest absolute Gasteiger partial charge is 0.0595 e. The van der Waals surface area contributed by atoms with Crippen molar-refractivity contribution >= 4 is 23.2 Å². The molecule has 4 heteroatoms. The lowest BCUT2D eigenvalue weighted by Gasteiger charge is -2.04. The largest absolute Gasteiger partial charge is 0.308 e. The first-order valence-electron chi connectivity index (χ1n) is 4.53. The Morgan fingerprint density at radius 2 is 2.00 bits per heavy atom. The molecule has 1 aromatic rings. The van der Waals surface area contributed by atoms with Crippen LogP contribution < -0.4 is 10.6 Å². The van der Waals surface area contributed by atoms with E-state index in [9.17, 15) is 0 Å². The molecule has 0 aromatic heterocycles. The second kappa shape index (κ2) is 6.25. The van der Waals surface area contributed by atoms with Crippen LogP contribution in [0, 0.1) is 0 Å². The summed E-state index contributed by atoms with van der Waals surface area (Å²) in [5, 5.41) is 7.48. The maximum atomic E-state index is 5.89. The first kappa shape index (κ1) is 11.8. The third-order valence-electron chi connectivity index (χ3n) is 1.88. The van der Waals surface area contributed by atoms with Crippen molar-refractivity contribution in [3.63, 3.8) is 0 Å². The molecular formula is C10H14Cl2N2. The second-order valence-corrected chi connectivity index (χ2v) is 3.84. The first-order valence-corrected chi connectivity index (χ1v) is 5.29. The molecule has 0 spiro atoms. The van der Waals surface area contributed by atoms with E-state index in [0.29, 0.717) is 10.0 Å². The van der Waals surface area contributed by atoms with Gasteiger partial charge < -0.3 is 10.6 Å². The minimum absolute atomic E-state index is 0.610. The number of nitrogens with one attached hydrogen (secondary N) is 2. The predicted octanol–water partition coefficient (Wildman–Crippen LogP) is 2.30. The summed E-state index contributed by atoms with van der Waals surface area (Å²) in [6.45, 7) is 1.75. The van der Waals surface area contributed by atoms with Crippen molar-refractivity contribution in [2.75, 3.05) is 20.3 Å². The highest BCUT2D eigenvalue weighted by Crippen LogP contribution is 2.22. The molecule has 14 heavy (non-hydrogen) atoms. The zero-order valence-electron chi connectivity index (χ0n) is 8.11. The molecule has 1 aromatic carbocycles. The summed E-state index contributed by atoms with van der Waals surface area (Å²) in [5.74, 6) is 0. The fraction of sp³-hybridized carbons (Fsp3) is 0.400. The quantitative estimate of drug-likeness (QED) is 0.602. The van der Waals surface area contributed by atoms with E-state index in [2.05, 4.69) is 10.6 Å². The van der Waals surface area contributed by atoms with Crippen molar-refractivity contribution in [1.29, 1.82) is 0 Å². The Balaban J connectivity index is 2.39. The minimum Gasteiger partial charge on any atom is -0.308 e. The normalized spacial score (nSPS) is 10.5. The molecule has 0 amide bonds. The van der Waals surface area contributed by atoms with Crippen LogP contribution in [0.25, 0.3) is 0 Å². The van der Waals surface area contributed by atoms with Crippen molar-refractivity contribution in [3.8, 4) is 0 Å². The Kier molecular flexibility index (Phi) is 5.26. The molecule has 0 fully saturated rings. The fourth-order valence-electron chi connectivity index (χ4n) is 1.14. The molecule has 0 aliphatic rings. The van der Waals surface area contributed by atoms with Gasteiger partial charge >= 0.3 is 0 Å². The van der Waals surface area contributed by atoms with E-state index in [1.165, 1.54) is 5.56 Å². The van der Waals surface area contributed by atoms with Crippen molar-refractivity contribution < 1.29 is 0 Å². The fourth-order valence-corrected chi connectivity index (χ4v) is 1.46. The van der Waals surface area contributed by atoms with Crippen molar-refractivity contribution in [2.24, 2.45) is 0 Å². The van der Waals surface area contributed by atoms with Gasteiger partial charge in [0.1, 0.15) is 0 Å². The molecule has 0 radical (unpaired) electrons. The molecule has 0 unspecified atom stereocenters. The average molecular weight is 233 g/mol. The summed E-state index contributed by atoms with van der Waals surface area (Å²) in [6, 6.07) is 5.73. The molecule has 2 nitrogen and oxygen atoms in total. The second-order valence-electron chi connectivity index (χ2n) is 3.03. The molecule has 1 rings (SSSR count). The van der Waals surface area contributed by atoms with Gasteiger partial charge in [-0.3, -0.25) is 0 Å². The van der Waals surface area contributed by atoms with Crippen LogP contribution in [0.5, 0.6) is 0 Å². The van der Waals surface area contributed by atoms with Crippen molar-refractivity contribution in [2.45, 2.75) is 6.42 Å². The summed E-state index contributed by atoms with van der Waals surface area (Å²) in [7, 11) is 1.91. The Morgan fingerprint density at radius 3 is 2.64 bits per heavy atom. The van der Waals surface area contributed by atoms with Crippen molar-refractivity contribution in [1.82, 2.24) is 10.6 Å². The van der Waals surface area contributed by atoms with Crippen LogP contribution in [0.1, 0.15) is 5.56 Å². The molecule has 2 N–H and O–H groups in total. The predicted molar refractivity (Wildman–Crippen MR) is 62.1 cm³/mol. The summed E-state index contributed by atoms with van der Waals surface area (Å²) < 4.78 is 0. The van der Waals surface area contributed by atoms with Gasteiger partial charge in [0.2, 0.25) is 0 Å². The van der Waals surface area contributed by atoms with Gasteiger partial charge in [-0.05, 0) is 31.2 Å². The number of hydrogen-bond donors (Lipinski definition) is 2. The molecule has 78 valence electrons. The first-order chi connectivity index (χ1) is 6.74. The lowest BCUT2D eigenvalue weighted by Crippen LogP contribution is -2.27. The van der Waals surface area contributed by atoms with E-state index < -0.39 is 0 Å². The van der Waals surface area contributed by atoms with E-state index in [4.69, 9.17) is 23.2 Å². The van der Waals surface area contributed by atoms with Gasteiger partial charge in [-0.25, -0.2) is 0 Å². The average Bonchev–Trinajstić information content (AvgIpc) is 2.18. The number of benzene rings is 1. The lowest BCUT2D eigenvalue weighted by atomic mass is 10.1. The van der Waals surface area contributed by atoms with Gasteiger partial charge in [-0.1, -0.05) is 29.3 Å². The van der Waals surface area contributed by atoms with Crippen LogP contribution in [-0.2, 0) is 6.42 Å². The van der Waals surface area contributed by atoms with E-state index >= 15 is 0 Å². The molecular weight excluding hydrogens is 219 g/mol. The third-order valence-corrected chi connectivity index (χ3v) is 2.62. The zero-order chi connectivity index (χ0) is 10.4. The van der Waals surface area contributed by atoms with Crippen LogP contribution >= 0.6 is 23.2 Å². The molecule has 0 aliphatic carbocycles. The van der Waals surface area contributed by atoms with Gasteiger partial charge in [-0.2, -0.15) is 0 Å². The van der Waals surface area contributed by atoms with Gasteiger partial charge in [0, 0.05) is 13.2 Å². The molecule has 0 atom stereocenters. The highest BCUT2D eigenvalue weighted by molar-refractivity contribution is 6.42. The number of rotatable bonds is 5. The minimum atomic E-state index is 0.610. The van der Waals surface area contributed by atoms with Crippen LogP contribution in [0.15, 0.2) is 18.2 Å². The highest BCUT2D eigenvalue weighted by Gasteiger charge is 1.98. The molecule has 0 aliphatic heterocycles. The van der Waals surface area contributed by atoms with Gasteiger partial charge in [-0.15, -0.1) is 0 Å². The third kappa shape index (κ3) is 3.84. The Bertz CT molecular complexity index is 289.